The molecule has 1 saturated heterocycles. The molecule has 1 fully saturated rings. The number of hydrogen-bond donors (Lipinski definition) is 1. The van der Waals surface area contributed by atoms with Gasteiger partial charge in [0.15, 0.2) is 0 Å². The summed E-state index contributed by atoms with van der Waals surface area (Å²) in [6.07, 6.45) is 3.31. The molecule has 0 saturated carbocycles. The third kappa shape index (κ3) is 3.65. The van der Waals surface area contributed by atoms with Crippen LogP contribution in [-0.4, -0.2) is 29.3 Å². The Hall–Kier alpha value is -0.780. The minimum absolute atomic E-state index is 0.0104. The summed E-state index contributed by atoms with van der Waals surface area (Å²) in [6, 6.07) is 1.41. The van der Waals surface area contributed by atoms with E-state index in [2.05, 4.69) is 0 Å². The first-order valence-electron chi connectivity index (χ1n) is 6.51. The van der Waals surface area contributed by atoms with Crippen molar-refractivity contribution < 1.29 is 9.59 Å². The van der Waals surface area contributed by atoms with E-state index < -0.39 is 11.9 Å². The van der Waals surface area contributed by atoms with E-state index in [4.69, 9.17) is 28.9 Å². The van der Waals surface area contributed by atoms with E-state index in [9.17, 15) is 9.59 Å². The number of carbonyl (C=O) groups is 2. The predicted molar refractivity (Wildman–Crippen MR) is 81.2 cm³/mol. The van der Waals surface area contributed by atoms with Gasteiger partial charge in [-0.25, -0.2) is 0 Å². The Morgan fingerprint density at radius 3 is 2.80 bits per heavy atom. The van der Waals surface area contributed by atoms with E-state index in [0.717, 1.165) is 12.0 Å². The van der Waals surface area contributed by atoms with Gasteiger partial charge in [-0.2, -0.15) is 0 Å². The number of rotatable bonds is 5. The van der Waals surface area contributed by atoms with Crippen LogP contribution in [0.5, 0.6) is 0 Å². The molecule has 1 atom stereocenters. The Kier molecular flexibility index (Phi) is 5.29. The normalized spacial score (nSPS) is 18.5. The number of thiophene rings is 1. The number of amides is 2. The molecule has 2 rings (SSSR count). The molecule has 1 aliphatic rings. The second-order valence-corrected chi connectivity index (χ2v) is 7.14. The summed E-state index contributed by atoms with van der Waals surface area (Å²) in [7, 11) is 0. The van der Waals surface area contributed by atoms with Crippen LogP contribution in [0.1, 0.15) is 31.2 Å². The molecular weight excluding hydrogens is 319 g/mol. The third-order valence-corrected chi connectivity index (χ3v) is 5.03. The Labute approximate surface area is 131 Å². The summed E-state index contributed by atoms with van der Waals surface area (Å²) >= 11 is 13.2. The molecule has 7 heteroatoms. The Morgan fingerprint density at radius 1 is 1.45 bits per heavy atom. The number of likely N-dealkylation sites (tertiary alicyclic amines) is 1. The van der Waals surface area contributed by atoms with Crippen LogP contribution in [0.4, 0.5) is 0 Å². The summed E-state index contributed by atoms with van der Waals surface area (Å²) in [5.41, 5.74) is 6.28. The van der Waals surface area contributed by atoms with Crippen molar-refractivity contribution in [1.82, 2.24) is 4.90 Å². The highest BCUT2D eigenvalue weighted by Gasteiger charge is 2.31. The van der Waals surface area contributed by atoms with Crippen molar-refractivity contribution in [2.75, 3.05) is 6.54 Å². The Balaban J connectivity index is 1.83. The van der Waals surface area contributed by atoms with Crippen LogP contribution in [0.2, 0.25) is 8.67 Å². The summed E-state index contributed by atoms with van der Waals surface area (Å²) in [6.45, 7) is 0.622. The van der Waals surface area contributed by atoms with Crippen molar-refractivity contribution in [2.45, 2.75) is 38.1 Å². The lowest BCUT2D eigenvalue weighted by Gasteiger charge is -2.22. The SMILES string of the molecule is NC(=O)C1CCCN1C(=O)CCCc1cc(Cl)sc1Cl. The van der Waals surface area contributed by atoms with Gasteiger partial charge in [-0.1, -0.05) is 23.2 Å². The maximum Gasteiger partial charge on any atom is 0.240 e. The fraction of sp³-hybridized carbons (Fsp3) is 0.538. The van der Waals surface area contributed by atoms with Gasteiger partial charge in [-0.15, -0.1) is 11.3 Å². The highest BCUT2D eigenvalue weighted by molar-refractivity contribution is 7.20. The number of aryl methyl sites for hydroxylation is 1. The van der Waals surface area contributed by atoms with Gasteiger partial charge in [0.2, 0.25) is 11.8 Å². The molecule has 110 valence electrons. The van der Waals surface area contributed by atoms with Crippen LogP contribution < -0.4 is 5.73 Å². The number of halogens is 2. The van der Waals surface area contributed by atoms with E-state index in [0.29, 0.717) is 40.9 Å². The minimum atomic E-state index is -0.429. The second-order valence-electron chi connectivity index (χ2n) is 4.85. The summed E-state index contributed by atoms with van der Waals surface area (Å²) in [5, 5.41) is 0. The molecule has 0 radical (unpaired) electrons. The quantitative estimate of drug-likeness (QED) is 0.899. The van der Waals surface area contributed by atoms with Crippen molar-refractivity contribution in [1.29, 1.82) is 0 Å². The van der Waals surface area contributed by atoms with Crippen molar-refractivity contribution >= 4 is 46.4 Å². The molecule has 2 N–H and O–H groups in total. The lowest BCUT2D eigenvalue weighted by atomic mass is 10.1. The number of primary amides is 1. The Morgan fingerprint density at radius 2 is 2.20 bits per heavy atom. The van der Waals surface area contributed by atoms with Gasteiger partial charge < -0.3 is 10.6 Å². The fourth-order valence-electron chi connectivity index (χ4n) is 2.48. The van der Waals surface area contributed by atoms with Gasteiger partial charge >= 0.3 is 0 Å². The second kappa shape index (κ2) is 6.78. The topological polar surface area (TPSA) is 63.4 Å². The van der Waals surface area contributed by atoms with Crippen molar-refractivity contribution in [3.63, 3.8) is 0 Å². The van der Waals surface area contributed by atoms with E-state index in [1.807, 2.05) is 6.07 Å². The maximum atomic E-state index is 12.1. The molecule has 1 aromatic heterocycles. The summed E-state index contributed by atoms with van der Waals surface area (Å²) < 4.78 is 1.34. The molecule has 1 aromatic rings. The standard InChI is InChI=1S/C13H16Cl2N2O2S/c14-10-7-8(12(15)20-10)3-1-5-11(18)17-6-2-4-9(17)13(16)19/h7,9H,1-6H2,(H2,16,19). The van der Waals surface area contributed by atoms with Gasteiger partial charge in [0.25, 0.3) is 0 Å². The van der Waals surface area contributed by atoms with Crippen molar-refractivity contribution in [3.05, 3.63) is 20.3 Å². The zero-order chi connectivity index (χ0) is 14.7. The highest BCUT2D eigenvalue weighted by Crippen LogP contribution is 2.32. The minimum Gasteiger partial charge on any atom is -0.368 e. The summed E-state index contributed by atoms with van der Waals surface area (Å²) in [4.78, 5) is 25.0. The van der Waals surface area contributed by atoms with Gasteiger partial charge in [0.1, 0.15) is 6.04 Å². The van der Waals surface area contributed by atoms with Crippen LogP contribution in [0.15, 0.2) is 6.07 Å². The number of nitrogens with zero attached hydrogens (tertiary/aromatic N) is 1. The predicted octanol–water partition coefficient (Wildman–Crippen LogP) is 2.85. The number of nitrogens with two attached hydrogens (primary N) is 1. The van der Waals surface area contributed by atoms with Gasteiger partial charge in [0.05, 0.1) is 8.67 Å². The lowest BCUT2D eigenvalue weighted by molar-refractivity contribution is -0.137. The van der Waals surface area contributed by atoms with Crippen LogP contribution in [0.3, 0.4) is 0 Å². The molecule has 4 nitrogen and oxygen atoms in total. The number of hydrogen-bond acceptors (Lipinski definition) is 3. The highest BCUT2D eigenvalue weighted by atomic mass is 35.5. The molecule has 0 aliphatic carbocycles. The van der Waals surface area contributed by atoms with E-state index in [1.165, 1.54) is 11.3 Å². The summed E-state index contributed by atoms with van der Waals surface area (Å²) in [5.74, 6) is -0.424. The van der Waals surface area contributed by atoms with Crippen LogP contribution in [-0.2, 0) is 16.0 Å². The molecule has 20 heavy (non-hydrogen) atoms. The fourth-order valence-corrected chi connectivity index (χ4v) is 4.02. The Bertz CT molecular complexity index is 518. The van der Waals surface area contributed by atoms with Gasteiger partial charge in [-0.3, -0.25) is 9.59 Å². The van der Waals surface area contributed by atoms with E-state index in [1.54, 1.807) is 4.90 Å². The average Bonchev–Trinajstić information content (AvgIpc) is 2.96. The maximum absolute atomic E-state index is 12.1. The zero-order valence-corrected chi connectivity index (χ0v) is 13.2. The third-order valence-electron chi connectivity index (χ3n) is 3.47. The molecule has 0 aromatic carbocycles. The van der Waals surface area contributed by atoms with Crippen LogP contribution in [0.25, 0.3) is 0 Å². The molecule has 0 bridgehead atoms. The monoisotopic (exact) mass is 334 g/mol. The molecule has 1 unspecified atom stereocenters. The molecular formula is C13H16Cl2N2O2S. The number of carbonyl (C=O) groups excluding carboxylic acids is 2. The van der Waals surface area contributed by atoms with Gasteiger partial charge in [-0.05, 0) is 37.3 Å². The smallest absolute Gasteiger partial charge is 0.240 e. The van der Waals surface area contributed by atoms with Crippen LogP contribution >= 0.6 is 34.5 Å². The lowest BCUT2D eigenvalue weighted by Crippen LogP contribution is -2.43. The first-order valence-corrected chi connectivity index (χ1v) is 8.08. The largest absolute Gasteiger partial charge is 0.368 e. The molecule has 0 spiro atoms. The molecule has 2 heterocycles. The van der Waals surface area contributed by atoms with Crippen molar-refractivity contribution in [2.24, 2.45) is 5.73 Å². The van der Waals surface area contributed by atoms with Crippen LogP contribution in [0, 0.1) is 0 Å². The molecule has 1 aliphatic heterocycles. The first kappa shape index (κ1) is 15.6. The van der Waals surface area contributed by atoms with E-state index >= 15 is 0 Å². The van der Waals surface area contributed by atoms with Gasteiger partial charge in [0, 0.05) is 13.0 Å². The van der Waals surface area contributed by atoms with E-state index in [-0.39, 0.29) is 5.91 Å². The molecule has 2 amide bonds. The zero-order valence-electron chi connectivity index (χ0n) is 10.9. The average molecular weight is 335 g/mol. The van der Waals surface area contributed by atoms with Crippen molar-refractivity contribution in [3.8, 4) is 0 Å². The first-order chi connectivity index (χ1) is 9.49.